The first-order chi connectivity index (χ1) is 11.4. The number of nitrogens with one attached hydrogen (secondary N) is 3. The predicted octanol–water partition coefficient (Wildman–Crippen LogP) is 1.86. The zero-order chi connectivity index (χ0) is 17.2. The molecular weight excluding hydrogens is 328 g/mol. The van der Waals surface area contributed by atoms with Gasteiger partial charge in [-0.05, 0) is 35.9 Å². The Balaban J connectivity index is 1.68. The van der Waals surface area contributed by atoms with E-state index in [4.69, 9.17) is 0 Å². The van der Waals surface area contributed by atoms with Crippen molar-refractivity contribution in [2.75, 3.05) is 11.0 Å². The number of rotatable bonds is 5. The Bertz CT molecular complexity index is 995. The van der Waals surface area contributed by atoms with Crippen molar-refractivity contribution in [2.45, 2.75) is 6.54 Å². The smallest absolute Gasteiger partial charge is 0.251 e. The van der Waals surface area contributed by atoms with Crippen LogP contribution >= 0.6 is 0 Å². The van der Waals surface area contributed by atoms with Crippen LogP contribution in [0, 0.1) is 0 Å². The number of aromatic nitrogens is 2. The molecule has 24 heavy (non-hydrogen) atoms. The number of H-pyrrole nitrogens is 1. The summed E-state index contributed by atoms with van der Waals surface area (Å²) in [6, 6.07) is 12.1. The van der Waals surface area contributed by atoms with Crippen LogP contribution in [-0.2, 0) is 16.6 Å². The van der Waals surface area contributed by atoms with E-state index in [1.807, 2.05) is 6.07 Å². The highest BCUT2D eigenvalue weighted by molar-refractivity contribution is 7.92. The van der Waals surface area contributed by atoms with Crippen molar-refractivity contribution >= 4 is 32.7 Å². The maximum absolute atomic E-state index is 12.2. The quantitative estimate of drug-likeness (QED) is 0.657. The monoisotopic (exact) mass is 344 g/mol. The van der Waals surface area contributed by atoms with E-state index in [9.17, 15) is 13.2 Å². The molecule has 3 N–H and O–H groups in total. The molecule has 124 valence electrons. The molecule has 3 aromatic rings. The average molecular weight is 344 g/mol. The van der Waals surface area contributed by atoms with Gasteiger partial charge in [-0.2, -0.15) is 0 Å². The van der Waals surface area contributed by atoms with Crippen LogP contribution in [0.15, 0.2) is 48.8 Å². The summed E-state index contributed by atoms with van der Waals surface area (Å²) >= 11 is 0. The second kappa shape index (κ2) is 6.32. The molecule has 0 saturated heterocycles. The zero-order valence-corrected chi connectivity index (χ0v) is 13.7. The van der Waals surface area contributed by atoms with Crippen LogP contribution in [-0.4, -0.2) is 30.5 Å². The molecule has 0 radical (unpaired) electrons. The number of anilines is 1. The first-order valence-corrected chi connectivity index (χ1v) is 9.08. The summed E-state index contributed by atoms with van der Waals surface area (Å²) in [7, 11) is -3.33. The number of carbonyl (C=O) groups is 1. The second-order valence-electron chi connectivity index (χ2n) is 5.39. The lowest BCUT2D eigenvalue weighted by atomic mass is 10.1. The molecule has 0 atom stereocenters. The van der Waals surface area contributed by atoms with Gasteiger partial charge in [-0.15, -0.1) is 0 Å². The zero-order valence-electron chi connectivity index (χ0n) is 12.9. The van der Waals surface area contributed by atoms with E-state index in [2.05, 4.69) is 20.0 Å². The lowest BCUT2D eigenvalue weighted by molar-refractivity contribution is 0.0951. The minimum Gasteiger partial charge on any atom is -0.348 e. The van der Waals surface area contributed by atoms with Crippen LogP contribution in [0.5, 0.6) is 0 Å². The Morgan fingerprint density at radius 3 is 2.83 bits per heavy atom. The third-order valence-electron chi connectivity index (χ3n) is 3.37. The Morgan fingerprint density at radius 2 is 2.04 bits per heavy atom. The van der Waals surface area contributed by atoms with Gasteiger partial charge in [0.05, 0.1) is 23.6 Å². The van der Waals surface area contributed by atoms with Crippen molar-refractivity contribution in [3.8, 4) is 0 Å². The molecule has 1 heterocycles. The molecule has 0 unspecified atom stereocenters. The molecule has 2 aromatic carbocycles. The Kier molecular flexibility index (Phi) is 4.22. The number of hydrogen-bond donors (Lipinski definition) is 3. The summed E-state index contributed by atoms with van der Waals surface area (Å²) < 4.78 is 24.9. The van der Waals surface area contributed by atoms with Crippen LogP contribution in [0.1, 0.15) is 15.9 Å². The lowest BCUT2D eigenvalue weighted by Gasteiger charge is -2.08. The van der Waals surface area contributed by atoms with Crippen LogP contribution in [0.3, 0.4) is 0 Å². The van der Waals surface area contributed by atoms with E-state index in [1.54, 1.807) is 42.7 Å². The van der Waals surface area contributed by atoms with Crippen LogP contribution < -0.4 is 10.0 Å². The molecule has 8 heteroatoms. The van der Waals surface area contributed by atoms with Crippen molar-refractivity contribution in [1.29, 1.82) is 0 Å². The summed E-state index contributed by atoms with van der Waals surface area (Å²) in [5.41, 5.74) is 3.37. The summed E-state index contributed by atoms with van der Waals surface area (Å²) in [6.45, 7) is 0.291. The Hall–Kier alpha value is -2.87. The lowest BCUT2D eigenvalue weighted by Crippen LogP contribution is -2.22. The van der Waals surface area contributed by atoms with Crippen LogP contribution in [0.4, 0.5) is 5.69 Å². The van der Waals surface area contributed by atoms with Gasteiger partial charge in [-0.3, -0.25) is 9.52 Å². The van der Waals surface area contributed by atoms with Gasteiger partial charge in [0.15, 0.2) is 0 Å². The fraction of sp³-hybridized carbons (Fsp3) is 0.125. The third-order valence-corrected chi connectivity index (χ3v) is 3.97. The Labute approximate surface area is 139 Å². The molecule has 0 aliphatic heterocycles. The van der Waals surface area contributed by atoms with Crippen molar-refractivity contribution in [3.63, 3.8) is 0 Å². The van der Waals surface area contributed by atoms with Gasteiger partial charge in [0.2, 0.25) is 10.0 Å². The van der Waals surface area contributed by atoms with Gasteiger partial charge in [0.1, 0.15) is 0 Å². The molecule has 7 nitrogen and oxygen atoms in total. The van der Waals surface area contributed by atoms with Crippen LogP contribution in [0.2, 0.25) is 0 Å². The Morgan fingerprint density at radius 1 is 1.21 bits per heavy atom. The molecule has 3 rings (SSSR count). The van der Waals surface area contributed by atoms with Gasteiger partial charge >= 0.3 is 0 Å². The number of aromatic amines is 1. The minimum atomic E-state index is -3.33. The molecule has 0 saturated carbocycles. The fourth-order valence-electron chi connectivity index (χ4n) is 2.32. The predicted molar refractivity (Wildman–Crippen MR) is 92.2 cm³/mol. The van der Waals surface area contributed by atoms with Gasteiger partial charge in [-0.25, -0.2) is 13.4 Å². The third kappa shape index (κ3) is 3.90. The van der Waals surface area contributed by atoms with E-state index < -0.39 is 10.0 Å². The molecule has 1 aromatic heterocycles. The van der Waals surface area contributed by atoms with E-state index in [1.165, 1.54) is 0 Å². The number of amides is 1. The highest BCUT2D eigenvalue weighted by Gasteiger charge is 2.08. The number of fused-ring (bicyclic) bond motifs is 1. The summed E-state index contributed by atoms with van der Waals surface area (Å²) in [5.74, 6) is -0.215. The summed E-state index contributed by atoms with van der Waals surface area (Å²) in [5, 5.41) is 2.81. The molecule has 0 bridgehead atoms. The number of carbonyl (C=O) groups excluding carboxylic acids is 1. The standard InChI is InChI=1S/C16H16N4O3S/c1-24(22,23)20-13-4-2-3-11(7-13)9-17-16(21)12-5-6-14-15(8-12)19-10-18-14/h2-8,10,20H,9H2,1H3,(H,17,21)(H,18,19). The summed E-state index contributed by atoms with van der Waals surface area (Å²) in [6.07, 6.45) is 2.67. The van der Waals surface area contributed by atoms with Gasteiger partial charge in [0.25, 0.3) is 5.91 Å². The number of hydrogen-bond acceptors (Lipinski definition) is 4. The SMILES string of the molecule is CS(=O)(=O)Nc1cccc(CNC(=O)c2ccc3nc[nH]c3c2)c1. The largest absolute Gasteiger partial charge is 0.348 e. The number of sulfonamides is 1. The van der Waals surface area contributed by atoms with E-state index in [0.717, 1.165) is 22.9 Å². The number of benzene rings is 2. The van der Waals surface area contributed by atoms with Crippen molar-refractivity contribution in [1.82, 2.24) is 15.3 Å². The maximum Gasteiger partial charge on any atom is 0.251 e. The molecule has 0 spiro atoms. The highest BCUT2D eigenvalue weighted by atomic mass is 32.2. The fourth-order valence-corrected chi connectivity index (χ4v) is 2.88. The van der Waals surface area contributed by atoms with Gasteiger partial charge < -0.3 is 10.3 Å². The number of nitrogens with zero attached hydrogens (tertiary/aromatic N) is 1. The first-order valence-electron chi connectivity index (χ1n) is 7.19. The summed E-state index contributed by atoms with van der Waals surface area (Å²) in [4.78, 5) is 19.3. The average Bonchev–Trinajstić information content (AvgIpc) is 2.99. The molecule has 0 aliphatic carbocycles. The second-order valence-corrected chi connectivity index (χ2v) is 7.14. The molecular formula is C16H16N4O3S. The number of imidazole rings is 1. The van der Waals surface area contributed by atoms with Crippen molar-refractivity contribution < 1.29 is 13.2 Å². The molecule has 0 aliphatic rings. The normalized spacial score (nSPS) is 11.4. The molecule has 0 fully saturated rings. The maximum atomic E-state index is 12.2. The minimum absolute atomic E-state index is 0.215. The van der Waals surface area contributed by atoms with Gasteiger partial charge in [0, 0.05) is 17.8 Å². The van der Waals surface area contributed by atoms with E-state index in [-0.39, 0.29) is 5.91 Å². The van der Waals surface area contributed by atoms with Crippen molar-refractivity contribution in [3.05, 3.63) is 59.9 Å². The topological polar surface area (TPSA) is 104 Å². The van der Waals surface area contributed by atoms with Gasteiger partial charge in [-0.1, -0.05) is 12.1 Å². The first kappa shape index (κ1) is 16.0. The van der Waals surface area contributed by atoms with Crippen LogP contribution in [0.25, 0.3) is 11.0 Å². The van der Waals surface area contributed by atoms with E-state index >= 15 is 0 Å². The highest BCUT2D eigenvalue weighted by Crippen LogP contribution is 2.13. The van der Waals surface area contributed by atoms with E-state index in [0.29, 0.717) is 17.8 Å². The van der Waals surface area contributed by atoms with Crippen molar-refractivity contribution in [2.24, 2.45) is 0 Å². The molecule has 1 amide bonds.